The van der Waals surface area contributed by atoms with Crippen molar-refractivity contribution in [2.75, 3.05) is 6.54 Å². The molecule has 1 aromatic rings. The van der Waals surface area contributed by atoms with Crippen molar-refractivity contribution in [1.82, 2.24) is 4.90 Å². The SMILES string of the molecule is CC(=O)N1CCc2cc(C)ccc2C1C(C)C. The van der Waals surface area contributed by atoms with Gasteiger partial charge in [0.05, 0.1) is 6.04 Å². The van der Waals surface area contributed by atoms with Crippen LogP contribution >= 0.6 is 0 Å². The second kappa shape index (κ2) is 4.52. The highest BCUT2D eigenvalue weighted by Gasteiger charge is 2.30. The smallest absolute Gasteiger partial charge is 0.219 e. The van der Waals surface area contributed by atoms with E-state index in [0.717, 1.165) is 13.0 Å². The summed E-state index contributed by atoms with van der Waals surface area (Å²) in [5.41, 5.74) is 4.07. The van der Waals surface area contributed by atoms with Gasteiger partial charge in [-0.2, -0.15) is 0 Å². The van der Waals surface area contributed by atoms with Crippen LogP contribution in [0.5, 0.6) is 0 Å². The Balaban J connectivity index is 2.46. The molecule has 2 heteroatoms. The molecular weight excluding hydrogens is 210 g/mol. The van der Waals surface area contributed by atoms with Crippen molar-refractivity contribution in [2.45, 2.75) is 40.2 Å². The van der Waals surface area contributed by atoms with Crippen molar-refractivity contribution in [2.24, 2.45) is 5.92 Å². The van der Waals surface area contributed by atoms with Crippen molar-refractivity contribution in [1.29, 1.82) is 0 Å². The summed E-state index contributed by atoms with van der Waals surface area (Å²) in [4.78, 5) is 13.7. The first kappa shape index (κ1) is 12.2. The second-order valence-corrected chi connectivity index (χ2v) is 5.35. The van der Waals surface area contributed by atoms with E-state index in [9.17, 15) is 4.79 Å². The summed E-state index contributed by atoms with van der Waals surface area (Å²) in [5.74, 6) is 0.649. The number of carbonyl (C=O) groups excluding carboxylic acids is 1. The fourth-order valence-corrected chi connectivity index (χ4v) is 2.86. The number of fused-ring (bicyclic) bond motifs is 1. The van der Waals surface area contributed by atoms with E-state index < -0.39 is 0 Å². The third-order valence-electron chi connectivity index (χ3n) is 3.61. The molecule has 1 heterocycles. The van der Waals surface area contributed by atoms with Crippen molar-refractivity contribution >= 4 is 5.91 Å². The van der Waals surface area contributed by atoms with Crippen LogP contribution in [0.25, 0.3) is 0 Å². The zero-order valence-corrected chi connectivity index (χ0v) is 11.2. The third-order valence-corrected chi connectivity index (χ3v) is 3.61. The lowest BCUT2D eigenvalue weighted by Crippen LogP contribution is -2.41. The summed E-state index contributed by atoms with van der Waals surface area (Å²) in [6.07, 6.45) is 0.986. The summed E-state index contributed by atoms with van der Waals surface area (Å²) in [6, 6.07) is 6.86. The molecule has 92 valence electrons. The first-order valence-corrected chi connectivity index (χ1v) is 6.37. The third kappa shape index (κ3) is 2.21. The Morgan fingerprint density at radius 2 is 2.12 bits per heavy atom. The van der Waals surface area contributed by atoms with Crippen LogP contribution in [0.15, 0.2) is 18.2 Å². The molecule has 1 atom stereocenters. The molecule has 0 N–H and O–H groups in total. The molecule has 0 saturated heterocycles. The molecule has 0 aromatic heterocycles. The van der Waals surface area contributed by atoms with Crippen LogP contribution in [0.1, 0.15) is 43.5 Å². The summed E-state index contributed by atoms with van der Waals surface area (Å²) in [7, 11) is 0. The summed E-state index contributed by atoms with van der Waals surface area (Å²) in [5, 5.41) is 0. The molecule has 1 amide bonds. The van der Waals surface area contributed by atoms with Gasteiger partial charge in [-0.15, -0.1) is 0 Å². The quantitative estimate of drug-likeness (QED) is 0.727. The van der Waals surface area contributed by atoms with Crippen LogP contribution in [-0.4, -0.2) is 17.4 Å². The largest absolute Gasteiger partial charge is 0.335 e. The minimum absolute atomic E-state index is 0.190. The number of rotatable bonds is 1. The zero-order valence-electron chi connectivity index (χ0n) is 11.2. The van der Waals surface area contributed by atoms with Crippen molar-refractivity contribution in [3.8, 4) is 0 Å². The van der Waals surface area contributed by atoms with E-state index in [4.69, 9.17) is 0 Å². The van der Waals surface area contributed by atoms with Gasteiger partial charge in [0.25, 0.3) is 0 Å². The molecule has 1 aromatic carbocycles. The van der Waals surface area contributed by atoms with Gasteiger partial charge in [0, 0.05) is 13.5 Å². The number of aryl methyl sites for hydroxylation is 1. The van der Waals surface area contributed by atoms with Crippen LogP contribution < -0.4 is 0 Å². The average Bonchev–Trinajstić information content (AvgIpc) is 2.26. The van der Waals surface area contributed by atoms with Gasteiger partial charge in [-0.1, -0.05) is 37.6 Å². The van der Waals surface area contributed by atoms with Gasteiger partial charge in [-0.3, -0.25) is 4.79 Å². The van der Waals surface area contributed by atoms with Crippen LogP contribution in [0.4, 0.5) is 0 Å². The normalized spacial score (nSPS) is 19.4. The highest BCUT2D eigenvalue weighted by Crippen LogP contribution is 2.35. The zero-order chi connectivity index (χ0) is 12.6. The molecule has 0 fully saturated rings. The first-order chi connectivity index (χ1) is 8.00. The Hall–Kier alpha value is -1.31. The number of benzene rings is 1. The summed E-state index contributed by atoms with van der Waals surface area (Å²) < 4.78 is 0. The van der Waals surface area contributed by atoms with Gasteiger partial charge >= 0.3 is 0 Å². The molecule has 0 spiro atoms. The van der Waals surface area contributed by atoms with E-state index in [1.54, 1.807) is 6.92 Å². The minimum atomic E-state index is 0.190. The first-order valence-electron chi connectivity index (χ1n) is 6.37. The summed E-state index contributed by atoms with van der Waals surface area (Å²) >= 11 is 0. The Morgan fingerprint density at radius 1 is 1.41 bits per heavy atom. The van der Waals surface area contributed by atoms with Gasteiger partial charge in [0.1, 0.15) is 0 Å². The number of hydrogen-bond acceptors (Lipinski definition) is 1. The lowest BCUT2D eigenvalue weighted by atomic mass is 9.85. The van der Waals surface area contributed by atoms with Gasteiger partial charge in [-0.05, 0) is 30.4 Å². The summed E-state index contributed by atoms with van der Waals surface area (Å²) in [6.45, 7) is 9.04. The maximum absolute atomic E-state index is 11.7. The maximum atomic E-state index is 11.7. The Labute approximate surface area is 104 Å². The van der Waals surface area contributed by atoms with Crippen LogP contribution in [-0.2, 0) is 11.2 Å². The number of hydrogen-bond donors (Lipinski definition) is 0. The molecule has 1 unspecified atom stereocenters. The van der Waals surface area contributed by atoms with Crippen LogP contribution in [0.3, 0.4) is 0 Å². The van der Waals surface area contributed by atoms with E-state index in [-0.39, 0.29) is 11.9 Å². The highest BCUT2D eigenvalue weighted by molar-refractivity contribution is 5.74. The molecule has 2 rings (SSSR count). The number of carbonyl (C=O) groups is 1. The van der Waals surface area contributed by atoms with Gasteiger partial charge in [0.15, 0.2) is 0 Å². The van der Waals surface area contributed by atoms with E-state index in [1.165, 1.54) is 16.7 Å². The van der Waals surface area contributed by atoms with Gasteiger partial charge < -0.3 is 4.90 Å². The second-order valence-electron chi connectivity index (χ2n) is 5.35. The molecule has 1 aliphatic rings. The molecule has 17 heavy (non-hydrogen) atoms. The predicted molar refractivity (Wildman–Crippen MR) is 69.8 cm³/mol. The van der Waals surface area contributed by atoms with Crippen LogP contribution in [0.2, 0.25) is 0 Å². The van der Waals surface area contributed by atoms with Crippen molar-refractivity contribution in [3.05, 3.63) is 34.9 Å². The van der Waals surface area contributed by atoms with E-state index in [2.05, 4.69) is 39.0 Å². The molecule has 1 aliphatic heterocycles. The lowest BCUT2D eigenvalue weighted by molar-refractivity contribution is -0.132. The number of amides is 1. The predicted octanol–water partition coefficient (Wildman–Crippen LogP) is 3.10. The lowest BCUT2D eigenvalue weighted by Gasteiger charge is -2.39. The van der Waals surface area contributed by atoms with E-state index in [0.29, 0.717) is 5.92 Å². The van der Waals surface area contributed by atoms with Crippen molar-refractivity contribution in [3.63, 3.8) is 0 Å². The van der Waals surface area contributed by atoms with Crippen LogP contribution in [0, 0.1) is 12.8 Å². The standard InChI is InChI=1S/C15H21NO/c1-10(2)15-14-6-5-11(3)9-13(14)7-8-16(15)12(4)17/h5-6,9-10,15H,7-8H2,1-4H3. The monoisotopic (exact) mass is 231 g/mol. The Bertz CT molecular complexity index is 437. The fraction of sp³-hybridized carbons (Fsp3) is 0.533. The Morgan fingerprint density at radius 3 is 2.71 bits per heavy atom. The molecule has 0 radical (unpaired) electrons. The van der Waals surface area contributed by atoms with E-state index >= 15 is 0 Å². The molecule has 0 bridgehead atoms. The molecule has 0 saturated carbocycles. The fourth-order valence-electron chi connectivity index (χ4n) is 2.86. The van der Waals surface area contributed by atoms with Crippen molar-refractivity contribution < 1.29 is 4.79 Å². The van der Waals surface area contributed by atoms with E-state index in [1.807, 2.05) is 4.90 Å². The Kier molecular flexibility index (Phi) is 3.23. The topological polar surface area (TPSA) is 20.3 Å². The molecular formula is C15H21NO. The highest BCUT2D eigenvalue weighted by atomic mass is 16.2. The van der Waals surface area contributed by atoms with Gasteiger partial charge in [0.2, 0.25) is 5.91 Å². The molecule has 0 aliphatic carbocycles. The maximum Gasteiger partial charge on any atom is 0.219 e. The van der Waals surface area contributed by atoms with Gasteiger partial charge in [-0.25, -0.2) is 0 Å². The average molecular weight is 231 g/mol. The number of nitrogens with zero attached hydrogens (tertiary/aromatic N) is 1. The molecule has 2 nitrogen and oxygen atoms in total. The minimum Gasteiger partial charge on any atom is -0.335 e.